The van der Waals surface area contributed by atoms with Crippen LogP contribution in [0.25, 0.3) is 0 Å². The van der Waals surface area contributed by atoms with Gasteiger partial charge in [-0.05, 0) is 31.2 Å². The number of hydrogen-bond acceptors (Lipinski definition) is 3. The number of hydrogen-bond donors (Lipinski definition) is 1. The highest BCUT2D eigenvalue weighted by Gasteiger charge is 2.39. The van der Waals surface area contributed by atoms with E-state index in [4.69, 9.17) is 10.5 Å². The zero-order valence-electron chi connectivity index (χ0n) is 13.9. The van der Waals surface area contributed by atoms with Gasteiger partial charge >= 0.3 is 0 Å². The third-order valence-electron chi connectivity index (χ3n) is 5.23. The van der Waals surface area contributed by atoms with Crippen molar-refractivity contribution in [3.8, 4) is 0 Å². The number of rotatable bonds is 4. The van der Waals surface area contributed by atoms with Crippen molar-refractivity contribution in [2.24, 2.45) is 5.73 Å². The van der Waals surface area contributed by atoms with Crippen molar-refractivity contribution in [2.75, 3.05) is 13.1 Å². The molecule has 3 rings (SSSR count). The molecule has 1 aliphatic carbocycles. The molecule has 2 aliphatic rings. The number of nitrogens with two attached hydrogens (primary N) is 1. The van der Waals surface area contributed by atoms with Crippen LogP contribution in [0.5, 0.6) is 0 Å². The summed E-state index contributed by atoms with van der Waals surface area (Å²) in [5.74, 6) is 0.165. The number of benzene rings is 1. The standard InChI is InChI=1S/C19H28N2O2/c20-19(11-5-2-6-12-19)18(22)21-13-9-17(10-14-21)23-15-16-7-3-1-4-8-16/h1,3-4,7-8,17H,2,5-6,9-15,20H2. The lowest BCUT2D eigenvalue weighted by Gasteiger charge is -2.40. The second-order valence-corrected chi connectivity index (χ2v) is 7.00. The van der Waals surface area contributed by atoms with Crippen molar-refractivity contribution in [1.29, 1.82) is 0 Å². The van der Waals surface area contributed by atoms with Gasteiger partial charge in [0.25, 0.3) is 0 Å². The summed E-state index contributed by atoms with van der Waals surface area (Å²) < 4.78 is 6.00. The quantitative estimate of drug-likeness (QED) is 0.929. The van der Waals surface area contributed by atoms with Gasteiger partial charge in [0.2, 0.25) is 5.91 Å². The molecule has 2 N–H and O–H groups in total. The molecule has 1 aromatic rings. The maximum Gasteiger partial charge on any atom is 0.242 e. The Hall–Kier alpha value is -1.39. The molecule has 1 aromatic carbocycles. The molecular weight excluding hydrogens is 288 g/mol. The Morgan fingerprint density at radius 1 is 1.13 bits per heavy atom. The van der Waals surface area contributed by atoms with E-state index in [0.717, 1.165) is 51.6 Å². The summed E-state index contributed by atoms with van der Waals surface area (Å²) in [5.41, 5.74) is 6.98. The number of amides is 1. The molecule has 0 atom stereocenters. The first-order valence-corrected chi connectivity index (χ1v) is 8.91. The van der Waals surface area contributed by atoms with Crippen LogP contribution in [0.2, 0.25) is 0 Å². The summed E-state index contributed by atoms with van der Waals surface area (Å²) in [7, 11) is 0. The molecule has 126 valence electrons. The third-order valence-corrected chi connectivity index (χ3v) is 5.23. The lowest BCUT2D eigenvalue weighted by Crippen LogP contribution is -2.58. The van der Waals surface area contributed by atoms with Gasteiger partial charge in [-0.1, -0.05) is 49.6 Å². The first kappa shape index (κ1) is 16.5. The summed E-state index contributed by atoms with van der Waals surface area (Å²) in [6.45, 7) is 2.20. The predicted octanol–water partition coefficient (Wildman–Crippen LogP) is 2.86. The molecule has 4 heteroatoms. The topological polar surface area (TPSA) is 55.6 Å². The smallest absolute Gasteiger partial charge is 0.242 e. The SMILES string of the molecule is NC1(C(=O)N2CCC(OCc3ccccc3)CC2)CCCCC1. The minimum atomic E-state index is -0.601. The van der Waals surface area contributed by atoms with Crippen LogP contribution >= 0.6 is 0 Å². The van der Waals surface area contributed by atoms with Crippen LogP contribution < -0.4 is 5.73 Å². The Labute approximate surface area is 139 Å². The van der Waals surface area contributed by atoms with Gasteiger partial charge in [0.15, 0.2) is 0 Å². The van der Waals surface area contributed by atoms with Gasteiger partial charge in [-0.3, -0.25) is 4.79 Å². The van der Waals surface area contributed by atoms with Crippen LogP contribution in [0.4, 0.5) is 0 Å². The van der Waals surface area contributed by atoms with Crippen molar-refractivity contribution in [2.45, 2.75) is 63.2 Å². The first-order chi connectivity index (χ1) is 11.2. The fourth-order valence-electron chi connectivity index (χ4n) is 3.73. The van der Waals surface area contributed by atoms with Crippen LogP contribution in [0.3, 0.4) is 0 Å². The third kappa shape index (κ3) is 4.12. The van der Waals surface area contributed by atoms with E-state index in [0.29, 0.717) is 6.61 Å². The summed E-state index contributed by atoms with van der Waals surface area (Å²) in [4.78, 5) is 14.7. The Kier molecular flexibility index (Phi) is 5.34. The molecule has 1 heterocycles. The fraction of sp³-hybridized carbons (Fsp3) is 0.632. The molecule has 4 nitrogen and oxygen atoms in total. The average Bonchev–Trinajstić information content (AvgIpc) is 2.61. The second-order valence-electron chi connectivity index (χ2n) is 7.00. The molecule has 0 aromatic heterocycles. The molecule has 1 saturated heterocycles. The highest BCUT2D eigenvalue weighted by atomic mass is 16.5. The van der Waals surface area contributed by atoms with Crippen LogP contribution in [0, 0.1) is 0 Å². The zero-order chi connectivity index (χ0) is 16.1. The van der Waals surface area contributed by atoms with E-state index in [9.17, 15) is 4.79 Å². The van der Waals surface area contributed by atoms with Gasteiger partial charge in [0.05, 0.1) is 18.2 Å². The summed E-state index contributed by atoms with van der Waals surface area (Å²) in [6, 6.07) is 10.2. The van der Waals surface area contributed by atoms with Crippen LogP contribution in [-0.4, -0.2) is 35.5 Å². The Morgan fingerprint density at radius 2 is 1.78 bits per heavy atom. The van der Waals surface area contributed by atoms with Crippen molar-refractivity contribution in [1.82, 2.24) is 4.90 Å². The number of nitrogens with zero attached hydrogens (tertiary/aromatic N) is 1. The van der Waals surface area contributed by atoms with E-state index in [1.54, 1.807) is 0 Å². The number of piperidine rings is 1. The molecule has 0 radical (unpaired) electrons. The number of likely N-dealkylation sites (tertiary alicyclic amines) is 1. The Morgan fingerprint density at radius 3 is 2.43 bits per heavy atom. The Bertz CT molecular complexity index is 503. The largest absolute Gasteiger partial charge is 0.373 e. The second kappa shape index (κ2) is 7.45. The van der Waals surface area contributed by atoms with Gasteiger partial charge in [0.1, 0.15) is 0 Å². The fourth-order valence-corrected chi connectivity index (χ4v) is 3.73. The van der Waals surface area contributed by atoms with E-state index in [1.165, 1.54) is 12.0 Å². The van der Waals surface area contributed by atoms with E-state index in [2.05, 4.69) is 12.1 Å². The number of ether oxygens (including phenoxy) is 1. The normalized spacial score (nSPS) is 22.0. The molecule has 0 bridgehead atoms. The van der Waals surface area contributed by atoms with Crippen molar-refractivity contribution in [3.05, 3.63) is 35.9 Å². The van der Waals surface area contributed by atoms with Crippen LogP contribution in [0.1, 0.15) is 50.5 Å². The Balaban J connectivity index is 1.45. The monoisotopic (exact) mass is 316 g/mol. The highest BCUT2D eigenvalue weighted by molar-refractivity contribution is 5.86. The minimum Gasteiger partial charge on any atom is -0.373 e. The molecule has 1 saturated carbocycles. The number of carbonyl (C=O) groups is 1. The lowest BCUT2D eigenvalue weighted by atomic mass is 9.81. The maximum absolute atomic E-state index is 12.7. The van der Waals surface area contributed by atoms with Crippen LogP contribution in [0.15, 0.2) is 30.3 Å². The van der Waals surface area contributed by atoms with Gasteiger partial charge in [-0.15, -0.1) is 0 Å². The van der Waals surface area contributed by atoms with Crippen molar-refractivity contribution < 1.29 is 9.53 Å². The molecule has 1 aliphatic heterocycles. The maximum atomic E-state index is 12.7. The summed E-state index contributed by atoms with van der Waals surface area (Å²) in [5, 5.41) is 0. The van der Waals surface area contributed by atoms with E-state index < -0.39 is 5.54 Å². The summed E-state index contributed by atoms with van der Waals surface area (Å²) >= 11 is 0. The van der Waals surface area contributed by atoms with Crippen LogP contribution in [-0.2, 0) is 16.1 Å². The molecule has 2 fully saturated rings. The predicted molar refractivity (Wildman–Crippen MR) is 90.8 cm³/mol. The number of carbonyl (C=O) groups excluding carboxylic acids is 1. The van der Waals surface area contributed by atoms with Gasteiger partial charge < -0.3 is 15.4 Å². The first-order valence-electron chi connectivity index (χ1n) is 8.91. The molecule has 1 amide bonds. The lowest BCUT2D eigenvalue weighted by molar-refractivity contribution is -0.141. The van der Waals surface area contributed by atoms with Gasteiger partial charge in [-0.25, -0.2) is 0 Å². The zero-order valence-corrected chi connectivity index (χ0v) is 13.9. The van der Waals surface area contributed by atoms with Gasteiger partial charge in [-0.2, -0.15) is 0 Å². The molecule has 0 spiro atoms. The highest BCUT2D eigenvalue weighted by Crippen LogP contribution is 2.29. The molecule has 0 unspecified atom stereocenters. The van der Waals surface area contributed by atoms with Gasteiger partial charge in [0, 0.05) is 13.1 Å². The molecular formula is C19H28N2O2. The van der Waals surface area contributed by atoms with E-state index >= 15 is 0 Å². The average molecular weight is 316 g/mol. The molecule has 23 heavy (non-hydrogen) atoms. The van der Waals surface area contributed by atoms with Crippen molar-refractivity contribution in [3.63, 3.8) is 0 Å². The van der Waals surface area contributed by atoms with E-state index in [1.807, 2.05) is 23.1 Å². The van der Waals surface area contributed by atoms with E-state index in [-0.39, 0.29) is 12.0 Å². The van der Waals surface area contributed by atoms with Crippen molar-refractivity contribution >= 4 is 5.91 Å². The minimum absolute atomic E-state index is 0.165. The summed E-state index contributed by atoms with van der Waals surface area (Å²) in [6.07, 6.45) is 7.13.